The molecule has 1 aliphatic heterocycles. The van der Waals surface area contributed by atoms with E-state index in [9.17, 15) is 0 Å². The molecule has 0 saturated carbocycles. The number of aryl methyl sites for hydroxylation is 1. The van der Waals surface area contributed by atoms with E-state index in [1.54, 1.807) is 0 Å². The summed E-state index contributed by atoms with van der Waals surface area (Å²) in [5.41, 5.74) is 8.86. The van der Waals surface area contributed by atoms with Crippen molar-refractivity contribution in [2.45, 2.75) is 26.7 Å². The summed E-state index contributed by atoms with van der Waals surface area (Å²) in [6.45, 7) is 6.89. The number of nitrogens with two attached hydrogens (primary N) is 1. The molecular formula is C13H18N2O2. The van der Waals surface area contributed by atoms with E-state index < -0.39 is 5.91 Å². The number of amidine groups is 1. The maximum Gasteiger partial charge on any atom is 0.300 e. The molecule has 4 heteroatoms. The van der Waals surface area contributed by atoms with Gasteiger partial charge in [-0.15, -0.1) is 0 Å². The predicted molar refractivity (Wildman–Crippen MR) is 66.8 cm³/mol. The van der Waals surface area contributed by atoms with Gasteiger partial charge in [-0.25, -0.2) is 4.99 Å². The molecule has 0 aliphatic carbocycles. The molecule has 2 rings (SSSR count). The molecule has 4 nitrogen and oxygen atoms in total. The van der Waals surface area contributed by atoms with E-state index in [4.69, 9.17) is 15.2 Å². The summed E-state index contributed by atoms with van der Waals surface area (Å²) < 4.78 is 11.4. The molecule has 0 saturated heterocycles. The van der Waals surface area contributed by atoms with E-state index >= 15 is 0 Å². The summed E-state index contributed by atoms with van der Waals surface area (Å²) >= 11 is 0. The molecule has 0 bridgehead atoms. The maximum absolute atomic E-state index is 5.94. The highest BCUT2D eigenvalue weighted by atomic mass is 16.7. The summed E-state index contributed by atoms with van der Waals surface area (Å²) in [6, 6.07) is 5.92. The largest absolute Gasteiger partial charge is 0.383 e. The van der Waals surface area contributed by atoms with Gasteiger partial charge in [-0.3, -0.25) is 0 Å². The zero-order chi connectivity index (χ0) is 12.5. The lowest BCUT2D eigenvalue weighted by Gasteiger charge is -2.27. The van der Waals surface area contributed by atoms with Crippen molar-refractivity contribution < 1.29 is 9.47 Å². The monoisotopic (exact) mass is 234 g/mol. The van der Waals surface area contributed by atoms with Gasteiger partial charge in [0.15, 0.2) is 0 Å². The highest BCUT2D eigenvalue weighted by Crippen LogP contribution is 2.38. The summed E-state index contributed by atoms with van der Waals surface area (Å²) in [4.78, 5) is 4.38. The summed E-state index contributed by atoms with van der Waals surface area (Å²) in [6.07, 6.45) is 0. The van der Waals surface area contributed by atoms with Crippen LogP contribution in [0.4, 0.5) is 0 Å². The van der Waals surface area contributed by atoms with Crippen molar-refractivity contribution in [2.75, 3.05) is 13.2 Å². The van der Waals surface area contributed by atoms with Crippen LogP contribution < -0.4 is 5.73 Å². The van der Waals surface area contributed by atoms with Gasteiger partial charge in [-0.2, -0.15) is 0 Å². The Morgan fingerprint density at radius 2 is 1.88 bits per heavy atom. The van der Waals surface area contributed by atoms with Crippen molar-refractivity contribution in [1.82, 2.24) is 0 Å². The second-order valence-corrected chi connectivity index (χ2v) is 3.94. The molecule has 17 heavy (non-hydrogen) atoms. The fraction of sp³-hybridized carbons (Fsp3) is 0.462. The van der Waals surface area contributed by atoms with E-state index in [1.807, 2.05) is 39.0 Å². The lowest BCUT2D eigenvalue weighted by molar-refractivity contribution is -0.234. The highest BCUT2D eigenvalue weighted by molar-refractivity contribution is 6.01. The summed E-state index contributed by atoms with van der Waals surface area (Å²) in [5.74, 6) is -0.570. The molecule has 1 heterocycles. The van der Waals surface area contributed by atoms with Crippen LogP contribution in [0, 0.1) is 6.92 Å². The molecule has 2 N–H and O–H groups in total. The first-order valence-electron chi connectivity index (χ1n) is 5.88. The minimum absolute atomic E-state index is 0.477. The van der Waals surface area contributed by atoms with Gasteiger partial charge in [-0.05, 0) is 26.3 Å². The smallest absolute Gasteiger partial charge is 0.300 e. The first-order valence-corrected chi connectivity index (χ1v) is 5.88. The zero-order valence-electron chi connectivity index (χ0n) is 10.5. The Morgan fingerprint density at radius 1 is 1.24 bits per heavy atom. The average molecular weight is 234 g/mol. The number of fused-ring (bicyclic) bond motifs is 1. The fourth-order valence-electron chi connectivity index (χ4n) is 2.22. The highest BCUT2D eigenvalue weighted by Gasteiger charge is 2.42. The number of benzene rings is 1. The number of ether oxygens (including phenoxy) is 2. The average Bonchev–Trinajstić information content (AvgIpc) is 2.55. The molecular weight excluding hydrogens is 216 g/mol. The van der Waals surface area contributed by atoms with Crippen molar-refractivity contribution in [3.05, 3.63) is 34.9 Å². The van der Waals surface area contributed by atoms with Crippen LogP contribution in [0.2, 0.25) is 0 Å². The van der Waals surface area contributed by atoms with Gasteiger partial charge in [0.25, 0.3) is 0 Å². The van der Waals surface area contributed by atoms with Gasteiger partial charge in [0.1, 0.15) is 5.84 Å². The van der Waals surface area contributed by atoms with E-state index in [-0.39, 0.29) is 0 Å². The number of nitrogens with zero attached hydrogens (tertiary/aromatic N) is 1. The van der Waals surface area contributed by atoms with Crippen LogP contribution in [0.5, 0.6) is 0 Å². The fourth-order valence-corrected chi connectivity index (χ4v) is 2.22. The Bertz CT molecular complexity index is 449. The summed E-state index contributed by atoms with van der Waals surface area (Å²) in [5, 5.41) is 0. The van der Waals surface area contributed by atoms with Crippen LogP contribution in [0.1, 0.15) is 30.5 Å². The minimum atomic E-state index is -1.05. The number of hydrogen-bond donors (Lipinski definition) is 1. The molecule has 92 valence electrons. The molecule has 0 atom stereocenters. The van der Waals surface area contributed by atoms with Gasteiger partial charge >= 0.3 is 5.91 Å². The van der Waals surface area contributed by atoms with Crippen LogP contribution in [0.25, 0.3) is 0 Å². The first-order chi connectivity index (χ1) is 8.14. The lowest BCUT2D eigenvalue weighted by Crippen LogP contribution is -2.30. The van der Waals surface area contributed by atoms with E-state index in [0.29, 0.717) is 19.0 Å². The molecule has 1 aliphatic rings. The quantitative estimate of drug-likeness (QED) is 0.809. The van der Waals surface area contributed by atoms with E-state index in [2.05, 4.69) is 4.99 Å². The van der Waals surface area contributed by atoms with Crippen molar-refractivity contribution >= 4 is 5.84 Å². The maximum atomic E-state index is 5.94. The third-order valence-corrected chi connectivity index (χ3v) is 2.81. The number of rotatable bonds is 4. The molecule has 0 fully saturated rings. The second-order valence-electron chi connectivity index (χ2n) is 3.94. The number of hydrogen-bond acceptors (Lipinski definition) is 4. The van der Waals surface area contributed by atoms with Crippen LogP contribution >= 0.6 is 0 Å². The van der Waals surface area contributed by atoms with Gasteiger partial charge in [0.05, 0.1) is 0 Å². The molecule has 0 spiro atoms. The molecule has 0 amide bonds. The van der Waals surface area contributed by atoms with Gasteiger partial charge in [-0.1, -0.05) is 18.2 Å². The van der Waals surface area contributed by atoms with Crippen molar-refractivity contribution in [2.24, 2.45) is 10.7 Å². The van der Waals surface area contributed by atoms with Crippen LogP contribution in [0.15, 0.2) is 23.2 Å². The van der Waals surface area contributed by atoms with Gasteiger partial charge in [0.2, 0.25) is 0 Å². The van der Waals surface area contributed by atoms with Crippen LogP contribution in [-0.4, -0.2) is 19.0 Å². The Morgan fingerprint density at radius 3 is 2.47 bits per heavy atom. The number of aliphatic imine (C=N–C) groups is 1. The second kappa shape index (κ2) is 4.47. The normalized spacial score (nSPS) is 16.8. The van der Waals surface area contributed by atoms with Crippen molar-refractivity contribution in [3.63, 3.8) is 0 Å². The topological polar surface area (TPSA) is 56.8 Å². The van der Waals surface area contributed by atoms with Gasteiger partial charge in [0, 0.05) is 24.3 Å². The van der Waals surface area contributed by atoms with Crippen molar-refractivity contribution in [1.29, 1.82) is 0 Å². The van der Waals surface area contributed by atoms with E-state index in [1.165, 1.54) is 0 Å². The van der Waals surface area contributed by atoms with Crippen molar-refractivity contribution in [3.8, 4) is 0 Å². The molecule has 1 aromatic rings. The van der Waals surface area contributed by atoms with Crippen LogP contribution in [0.3, 0.4) is 0 Å². The molecule has 0 radical (unpaired) electrons. The SMILES string of the molecule is CCOC1(OCC)N=C(N)c2cccc(C)c21. The summed E-state index contributed by atoms with van der Waals surface area (Å²) in [7, 11) is 0. The van der Waals surface area contributed by atoms with Gasteiger partial charge < -0.3 is 15.2 Å². The first kappa shape index (κ1) is 12.1. The minimum Gasteiger partial charge on any atom is -0.383 e. The zero-order valence-corrected chi connectivity index (χ0v) is 10.5. The molecule has 0 unspecified atom stereocenters. The Balaban J connectivity index is 2.58. The molecule has 0 aromatic heterocycles. The van der Waals surface area contributed by atoms with Crippen LogP contribution in [-0.2, 0) is 15.4 Å². The predicted octanol–water partition coefficient (Wildman–Crippen LogP) is 1.90. The Hall–Kier alpha value is -1.39. The Labute approximate surface area is 101 Å². The third kappa shape index (κ3) is 1.83. The standard InChI is InChI=1S/C13H18N2O2/c1-4-16-13(17-5-2)11-9(3)7-6-8-10(11)12(14)15-13/h6-8H,4-5H2,1-3H3,(H2,14,15). The third-order valence-electron chi connectivity index (χ3n) is 2.81. The Kier molecular flexibility index (Phi) is 3.17. The lowest BCUT2D eigenvalue weighted by atomic mass is 10.0. The molecule has 1 aromatic carbocycles. The van der Waals surface area contributed by atoms with E-state index in [0.717, 1.165) is 16.7 Å².